The minimum Gasteiger partial charge on any atom is -0.308 e. The lowest BCUT2D eigenvalue weighted by atomic mass is 10.1. The average molecular weight is 393 g/mol. The minimum atomic E-state index is -0.309. The summed E-state index contributed by atoms with van der Waals surface area (Å²) in [7, 11) is 0. The largest absolute Gasteiger partial charge is 0.323 e. The van der Waals surface area contributed by atoms with Gasteiger partial charge < -0.3 is 10.6 Å². The van der Waals surface area contributed by atoms with Gasteiger partial charge >= 0.3 is 6.03 Å². The van der Waals surface area contributed by atoms with E-state index >= 15 is 0 Å². The maximum Gasteiger partial charge on any atom is 0.323 e. The van der Waals surface area contributed by atoms with Crippen molar-refractivity contribution in [2.45, 2.75) is 0 Å². The van der Waals surface area contributed by atoms with Gasteiger partial charge in [-0.05, 0) is 47.9 Å². The van der Waals surface area contributed by atoms with E-state index in [0.29, 0.717) is 11.4 Å². The fraction of sp³-hybridized carbons (Fsp3) is 0. The normalized spacial score (nSPS) is 10.8. The van der Waals surface area contributed by atoms with Crippen molar-refractivity contribution in [1.82, 2.24) is 9.97 Å². The highest BCUT2D eigenvalue weighted by molar-refractivity contribution is 9.10. The third-order valence-electron chi connectivity index (χ3n) is 3.84. The number of pyridine rings is 2. The van der Waals surface area contributed by atoms with E-state index < -0.39 is 0 Å². The molecule has 0 atom stereocenters. The molecule has 2 N–H and O–H groups in total. The molecule has 122 valence electrons. The fourth-order valence-corrected chi connectivity index (χ4v) is 3.15. The van der Waals surface area contributed by atoms with Crippen molar-refractivity contribution in [1.29, 1.82) is 0 Å². The van der Waals surface area contributed by atoms with Gasteiger partial charge in [0.1, 0.15) is 0 Å². The van der Waals surface area contributed by atoms with Gasteiger partial charge in [0.2, 0.25) is 0 Å². The van der Waals surface area contributed by atoms with E-state index in [1.54, 1.807) is 18.6 Å². The number of anilines is 2. The number of halogens is 1. The standard InChI is InChI=1S/C19H13BrN4O/c20-13-3-1-4-14(10-13)23-19(25)24-17-9-12-6-8-21-11-16(12)18-15(17)5-2-7-22-18/h1-11H,(H2,23,24,25). The first kappa shape index (κ1) is 15.5. The Morgan fingerprint density at radius 3 is 2.76 bits per heavy atom. The number of hydrogen-bond acceptors (Lipinski definition) is 3. The predicted octanol–water partition coefficient (Wildman–Crippen LogP) is 5.19. The van der Waals surface area contributed by atoms with Gasteiger partial charge in [0.25, 0.3) is 0 Å². The quantitative estimate of drug-likeness (QED) is 0.461. The van der Waals surface area contributed by atoms with E-state index in [1.165, 1.54) is 0 Å². The molecule has 0 aliphatic carbocycles. The van der Waals surface area contributed by atoms with Gasteiger partial charge in [-0.1, -0.05) is 22.0 Å². The molecule has 4 rings (SSSR count). The number of aromatic nitrogens is 2. The third kappa shape index (κ3) is 3.16. The molecule has 2 aromatic carbocycles. The third-order valence-corrected chi connectivity index (χ3v) is 4.33. The van der Waals surface area contributed by atoms with Crippen LogP contribution in [0.4, 0.5) is 16.2 Å². The maximum absolute atomic E-state index is 12.4. The molecule has 0 saturated heterocycles. The van der Waals surface area contributed by atoms with Gasteiger partial charge in [0.15, 0.2) is 0 Å². The second-order valence-corrected chi connectivity index (χ2v) is 6.43. The number of amides is 2. The molecule has 0 unspecified atom stereocenters. The van der Waals surface area contributed by atoms with Crippen LogP contribution >= 0.6 is 15.9 Å². The molecule has 0 aliphatic rings. The first-order valence-corrected chi connectivity index (χ1v) is 8.45. The molecule has 2 aromatic heterocycles. The van der Waals surface area contributed by atoms with E-state index in [2.05, 4.69) is 36.5 Å². The van der Waals surface area contributed by atoms with E-state index in [4.69, 9.17) is 0 Å². The SMILES string of the molecule is O=C(Nc1cccc(Br)c1)Nc1cc2ccncc2c2ncccc12. The van der Waals surface area contributed by atoms with Crippen molar-refractivity contribution in [3.8, 4) is 0 Å². The first-order chi connectivity index (χ1) is 12.2. The van der Waals surface area contributed by atoms with Gasteiger partial charge in [-0.2, -0.15) is 0 Å². The number of benzene rings is 2. The van der Waals surface area contributed by atoms with Crippen LogP contribution in [0.5, 0.6) is 0 Å². The second-order valence-electron chi connectivity index (χ2n) is 5.51. The Labute approximate surface area is 152 Å². The van der Waals surface area contributed by atoms with E-state index in [-0.39, 0.29) is 6.03 Å². The Balaban J connectivity index is 1.71. The Hall–Kier alpha value is -2.99. The van der Waals surface area contributed by atoms with Crippen LogP contribution in [0.1, 0.15) is 0 Å². The number of hydrogen-bond donors (Lipinski definition) is 2. The molecule has 25 heavy (non-hydrogen) atoms. The lowest BCUT2D eigenvalue weighted by molar-refractivity contribution is 0.262. The summed E-state index contributed by atoms with van der Waals surface area (Å²) in [6.07, 6.45) is 5.25. The van der Waals surface area contributed by atoms with Crippen molar-refractivity contribution in [2.75, 3.05) is 10.6 Å². The van der Waals surface area contributed by atoms with Crippen molar-refractivity contribution in [2.24, 2.45) is 0 Å². The number of nitrogens with one attached hydrogen (secondary N) is 2. The van der Waals surface area contributed by atoms with Crippen LogP contribution in [0, 0.1) is 0 Å². The summed E-state index contributed by atoms with van der Waals surface area (Å²) in [5, 5.41) is 8.54. The Kier molecular flexibility index (Phi) is 4.03. The minimum absolute atomic E-state index is 0.309. The van der Waals surface area contributed by atoms with E-state index in [0.717, 1.165) is 26.1 Å². The zero-order chi connectivity index (χ0) is 17.2. The molecule has 4 aromatic rings. The van der Waals surface area contributed by atoms with Crippen LogP contribution < -0.4 is 10.6 Å². The van der Waals surface area contributed by atoms with Crippen molar-refractivity contribution < 1.29 is 4.79 Å². The van der Waals surface area contributed by atoms with Gasteiger partial charge in [0, 0.05) is 39.5 Å². The zero-order valence-corrected chi connectivity index (χ0v) is 14.6. The molecule has 0 spiro atoms. The number of rotatable bonds is 2. The summed E-state index contributed by atoms with van der Waals surface area (Å²) < 4.78 is 0.901. The fourth-order valence-electron chi connectivity index (χ4n) is 2.75. The lowest BCUT2D eigenvalue weighted by Crippen LogP contribution is -2.19. The Morgan fingerprint density at radius 1 is 0.960 bits per heavy atom. The molecule has 0 bridgehead atoms. The molecule has 2 amide bonds. The molecule has 2 heterocycles. The monoisotopic (exact) mass is 392 g/mol. The molecular formula is C19H13BrN4O. The van der Waals surface area contributed by atoms with E-state index in [9.17, 15) is 4.79 Å². The highest BCUT2D eigenvalue weighted by Gasteiger charge is 2.10. The molecule has 0 saturated carbocycles. The molecule has 5 nitrogen and oxygen atoms in total. The zero-order valence-electron chi connectivity index (χ0n) is 13.0. The van der Waals surface area contributed by atoms with Gasteiger partial charge in [-0.3, -0.25) is 9.97 Å². The van der Waals surface area contributed by atoms with Crippen LogP contribution in [0.25, 0.3) is 21.7 Å². The number of carbonyl (C=O) groups excluding carboxylic acids is 1. The van der Waals surface area contributed by atoms with Crippen molar-refractivity contribution in [3.05, 3.63) is 71.6 Å². The number of nitrogens with zero attached hydrogens (tertiary/aromatic N) is 2. The molecule has 0 aliphatic heterocycles. The summed E-state index contributed by atoms with van der Waals surface area (Å²) in [4.78, 5) is 21.0. The van der Waals surface area contributed by atoms with Crippen LogP contribution in [0.15, 0.2) is 71.6 Å². The summed E-state index contributed by atoms with van der Waals surface area (Å²) in [5.74, 6) is 0. The van der Waals surface area contributed by atoms with Crippen LogP contribution in [-0.2, 0) is 0 Å². The number of fused-ring (bicyclic) bond motifs is 3. The van der Waals surface area contributed by atoms with Gasteiger partial charge in [-0.25, -0.2) is 4.79 Å². The molecule has 6 heteroatoms. The number of urea groups is 1. The van der Waals surface area contributed by atoms with Gasteiger partial charge in [0.05, 0.1) is 11.2 Å². The predicted molar refractivity (Wildman–Crippen MR) is 104 cm³/mol. The van der Waals surface area contributed by atoms with Crippen molar-refractivity contribution >= 4 is 55.0 Å². The summed E-state index contributed by atoms with van der Waals surface area (Å²) in [5.41, 5.74) is 2.22. The highest BCUT2D eigenvalue weighted by atomic mass is 79.9. The lowest BCUT2D eigenvalue weighted by Gasteiger charge is -2.12. The van der Waals surface area contributed by atoms with Crippen LogP contribution in [0.3, 0.4) is 0 Å². The Bertz CT molecular complexity index is 1100. The first-order valence-electron chi connectivity index (χ1n) is 7.66. The van der Waals surface area contributed by atoms with Crippen LogP contribution in [-0.4, -0.2) is 16.0 Å². The van der Waals surface area contributed by atoms with E-state index in [1.807, 2.05) is 48.5 Å². The smallest absolute Gasteiger partial charge is 0.308 e. The topological polar surface area (TPSA) is 66.9 Å². The average Bonchev–Trinajstić information content (AvgIpc) is 2.62. The maximum atomic E-state index is 12.4. The summed E-state index contributed by atoms with van der Waals surface area (Å²) in [6.45, 7) is 0. The second kappa shape index (κ2) is 6.49. The molecular weight excluding hydrogens is 380 g/mol. The van der Waals surface area contributed by atoms with Crippen molar-refractivity contribution in [3.63, 3.8) is 0 Å². The highest BCUT2D eigenvalue weighted by Crippen LogP contribution is 2.30. The molecule has 0 radical (unpaired) electrons. The van der Waals surface area contributed by atoms with Gasteiger partial charge in [-0.15, -0.1) is 0 Å². The van der Waals surface area contributed by atoms with Crippen LogP contribution in [0.2, 0.25) is 0 Å². The number of carbonyl (C=O) groups is 1. The molecule has 0 fully saturated rings. The summed E-state index contributed by atoms with van der Waals surface area (Å²) >= 11 is 3.39. The Morgan fingerprint density at radius 2 is 1.88 bits per heavy atom. The summed E-state index contributed by atoms with van der Waals surface area (Å²) in [6, 6.07) is 14.7.